The van der Waals surface area contributed by atoms with Crippen molar-refractivity contribution >= 4 is 11.5 Å². The molecule has 0 saturated carbocycles. The van der Waals surface area contributed by atoms with E-state index in [-0.39, 0.29) is 18.4 Å². The number of hydrogen-bond donors (Lipinski definition) is 3. The number of nitro benzene ring substituents is 1. The monoisotopic (exact) mass is 452 g/mol. The molecule has 2 heterocycles. The second kappa shape index (κ2) is 15.9. The van der Waals surface area contributed by atoms with Gasteiger partial charge >= 0.3 is 5.69 Å². The minimum absolute atomic E-state index is 0.00948. The van der Waals surface area contributed by atoms with Crippen molar-refractivity contribution in [2.75, 3.05) is 19.0 Å². The predicted molar refractivity (Wildman–Crippen MR) is 125 cm³/mol. The number of nitro groups is 1. The molecule has 1 aliphatic heterocycles. The number of aromatic nitrogens is 2. The molecular formula is C22H36N4O6. The van der Waals surface area contributed by atoms with Gasteiger partial charge in [0.15, 0.2) is 0 Å². The number of nitrogens with one attached hydrogen (secondary N) is 1. The molecule has 0 spiro atoms. The Morgan fingerprint density at radius 3 is 2.38 bits per heavy atom. The number of nitrogens with zero attached hydrogens (tertiary/aromatic N) is 3. The lowest BCUT2D eigenvalue weighted by molar-refractivity contribution is -0.385. The van der Waals surface area contributed by atoms with Crippen LogP contribution in [0, 0.1) is 10.1 Å². The number of ether oxygens (including phenoxy) is 1. The molecule has 10 heteroatoms. The Balaban J connectivity index is 0.00000148. The number of anilines is 1. The summed E-state index contributed by atoms with van der Waals surface area (Å²) in [5, 5.41) is 30.3. The van der Waals surface area contributed by atoms with Crippen molar-refractivity contribution in [3.63, 3.8) is 0 Å². The van der Waals surface area contributed by atoms with E-state index in [0.29, 0.717) is 24.2 Å². The summed E-state index contributed by atoms with van der Waals surface area (Å²) in [6.07, 6.45) is 2.19. The minimum Gasteiger partial charge on any atom is -0.400 e. The maximum absolute atomic E-state index is 12.3. The fourth-order valence-electron chi connectivity index (χ4n) is 3.06. The lowest BCUT2D eigenvalue weighted by Gasteiger charge is -2.17. The Morgan fingerprint density at radius 1 is 1.22 bits per heavy atom. The SMILES string of the molecule is CC.CC.CC(Nc1ccn(C2CCC(CO)O2)c(=O)n1)c1ccccc1[N+](=O)[O-].CO. The smallest absolute Gasteiger partial charge is 0.351 e. The molecule has 32 heavy (non-hydrogen) atoms. The number of benzene rings is 1. The second-order valence-corrected chi connectivity index (χ2v) is 6.16. The number of rotatable bonds is 6. The highest BCUT2D eigenvalue weighted by Crippen LogP contribution is 2.28. The van der Waals surface area contributed by atoms with E-state index in [1.54, 1.807) is 37.4 Å². The highest BCUT2D eigenvalue weighted by molar-refractivity contribution is 5.46. The summed E-state index contributed by atoms with van der Waals surface area (Å²) in [6.45, 7) is 9.69. The Labute approximate surface area is 189 Å². The highest BCUT2D eigenvalue weighted by Gasteiger charge is 2.27. The van der Waals surface area contributed by atoms with Crippen LogP contribution in [0.4, 0.5) is 11.5 Å². The average Bonchev–Trinajstić information content (AvgIpc) is 3.32. The van der Waals surface area contributed by atoms with Crippen molar-refractivity contribution in [3.05, 3.63) is 62.7 Å². The summed E-state index contributed by atoms with van der Waals surface area (Å²) >= 11 is 0. The van der Waals surface area contributed by atoms with Gasteiger partial charge < -0.3 is 20.3 Å². The third kappa shape index (κ3) is 8.03. The van der Waals surface area contributed by atoms with Gasteiger partial charge in [0.1, 0.15) is 12.0 Å². The normalized spacial score (nSPS) is 17.4. The highest BCUT2D eigenvalue weighted by atomic mass is 16.6. The molecule has 1 fully saturated rings. The maximum Gasteiger partial charge on any atom is 0.351 e. The van der Waals surface area contributed by atoms with E-state index < -0.39 is 22.9 Å². The van der Waals surface area contributed by atoms with Gasteiger partial charge in [-0.3, -0.25) is 14.7 Å². The van der Waals surface area contributed by atoms with Crippen LogP contribution >= 0.6 is 0 Å². The van der Waals surface area contributed by atoms with Crippen LogP contribution in [0.2, 0.25) is 0 Å². The summed E-state index contributed by atoms with van der Waals surface area (Å²) in [7, 11) is 1.00. The van der Waals surface area contributed by atoms with Crippen LogP contribution in [0.15, 0.2) is 41.3 Å². The Kier molecular flexibility index (Phi) is 14.5. The molecule has 3 atom stereocenters. The maximum atomic E-state index is 12.3. The first-order valence-corrected chi connectivity index (χ1v) is 10.8. The van der Waals surface area contributed by atoms with E-state index in [2.05, 4.69) is 10.3 Å². The van der Waals surface area contributed by atoms with Crippen LogP contribution in [0.25, 0.3) is 0 Å². The molecule has 2 aromatic rings. The lowest BCUT2D eigenvalue weighted by atomic mass is 10.1. The predicted octanol–water partition coefficient (Wildman–Crippen LogP) is 3.66. The van der Waals surface area contributed by atoms with E-state index in [0.717, 1.165) is 7.11 Å². The molecule has 3 N–H and O–H groups in total. The summed E-state index contributed by atoms with van der Waals surface area (Å²) < 4.78 is 6.97. The van der Waals surface area contributed by atoms with Crippen molar-refractivity contribution in [1.29, 1.82) is 0 Å². The van der Waals surface area contributed by atoms with Gasteiger partial charge in [0.2, 0.25) is 0 Å². The van der Waals surface area contributed by atoms with Crippen LogP contribution in [0.3, 0.4) is 0 Å². The Bertz CT molecular complexity index is 858. The number of para-hydroxylation sites is 1. The number of aliphatic hydroxyl groups is 2. The van der Waals surface area contributed by atoms with E-state index in [4.69, 9.17) is 14.9 Å². The third-order valence-corrected chi connectivity index (χ3v) is 4.39. The van der Waals surface area contributed by atoms with E-state index in [9.17, 15) is 14.9 Å². The van der Waals surface area contributed by atoms with Crippen LogP contribution in [-0.2, 0) is 4.74 Å². The topological polar surface area (TPSA) is 140 Å². The zero-order chi connectivity index (χ0) is 24.7. The standard InChI is InChI=1S/C17H20N4O5.2C2H6.CH4O/c1-11(13-4-2-3-5-14(13)21(24)25)18-15-8-9-20(17(23)19-15)16-7-6-12(10-22)26-16;3*1-2/h2-5,8-9,11-12,16,22H,6-7,10H2,1H3,(H,18,19,23);2*1-2H3;2H,1H3. The Hall–Kier alpha value is -2.82. The van der Waals surface area contributed by atoms with Gasteiger partial charge in [-0.25, -0.2) is 4.79 Å². The number of hydrogen-bond acceptors (Lipinski definition) is 8. The average molecular weight is 453 g/mol. The van der Waals surface area contributed by atoms with E-state index >= 15 is 0 Å². The van der Waals surface area contributed by atoms with Crippen LogP contribution in [-0.4, -0.2) is 44.5 Å². The van der Waals surface area contributed by atoms with Crippen molar-refractivity contribution in [1.82, 2.24) is 9.55 Å². The summed E-state index contributed by atoms with van der Waals surface area (Å²) in [6, 6.07) is 7.66. The molecule has 1 aliphatic rings. The summed E-state index contributed by atoms with van der Waals surface area (Å²) in [5.74, 6) is 0.327. The van der Waals surface area contributed by atoms with E-state index in [1.807, 2.05) is 27.7 Å². The molecule has 10 nitrogen and oxygen atoms in total. The van der Waals surface area contributed by atoms with Crippen molar-refractivity contribution in [2.24, 2.45) is 0 Å². The quantitative estimate of drug-likeness (QED) is 0.446. The summed E-state index contributed by atoms with van der Waals surface area (Å²) in [4.78, 5) is 27.0. The van der Waals surface area contributed by atoms with Gasteiger partial charge in [0.25, 0.3) is 5.69 Å². The fraction of sp³-hybridized carbons (Fsp3) is 0.545. The molecule has 1 saturated heterocycles. The van der Waals surface area contributed by atoms with Crippen molar-refractivity contribution in [2.45, 2.75) is 65.8 Å². The fourth-order valence-corrected chi connectivity index (χ4v) is 3.06. The van der Waals surface area contributed by atoms with Crippen LogP contribution in [0.1, 0.15) is 65.3 Å². The lowest BCUT2D eigenvalue weighted by Crippen LogP contribution is -2.28. The molecule has 1 aromatic heterocycles. The zero-order valence-electron chi connectivity index (χ0n) is 19.7. The molecule has 3 unspecified atom stereocenters. The zero-order valence-corrected chi connectivity index (χ0v) is 19.7. The van der Waals surface area contributed by atoms with Gasteiger partial charge in [-0.2, -0.15) is 4.98 Å². The van der Waals surface area contributed by atoms with Gasteiger partial charge in [0, 0.05) is 19.4 Å². The van der Waals surface area contributed by atoms with Gasteiger partial charge in [-0.15, -0.1) is 0 Å². The number of aliphatic hydroxyl groups excluding tert-OH is 2. The van der Waals surface area contributed by atoms with Crippen molar-refractivity contribution < 1.29 is 19.9 Å². The molecule has 1 aromatic carbocycles. The van der Waals surface area contributed by atoms with Gasteiger partial charge in [-0.1, -0.05) is 45.9 Å². The first kappa shape index (κ1) is 29.2. The molecule has 3 rings (SSSR count). The third-order valence-electron chi connectivity index (χ3n) is 4.39. The van der Waals surface area contributed by atoms with Crippen LogP contribution < -0.4 is 11.0 Å². The van der Waals surface area contributed by atoms with E-state index in [1.165, 1.54) is 10.6 Å². The van der Waals surface area contributed by atoms with Crippen LogP contribution in [0.5, 0.6) is 0 Å². The van der Waals surface area contributed by atoms with Crippen molar-refractivity contribution in [3.8, 4) is 0 Å². The molecular weight excluding hydrogens is 416 g/mol. The first-order valence-electron chi connectivity index (χ1n) is 10.8. The molecule has 0 radical (unpaired) electrons. The largest absolute Gasteiger partial charge is 0.400 e. The van der Waals surface area contributed by atoms with Gasteiger partial charge in [-0.05, 0) is 25.8 Å². The Morgan fingerprint density at radius 2 is 1.84 bits per heavy atom. The first-order chi connectivity index (χ1) is 15.5. The molecule has 0 amide bonds. The molecule has 0 aliphatic carbocycles. The van der Waals surface area contributed by atoms with Gasteiger partial charge in [0.05, 0.1) is 29.2 Å². The molecule has 0 bridgehead atoms. The second-order valence-electron chi connectivity index (χ2n) is 6.16. The molecule has 180 valence electrons. The minimum atomic E-state index is -0.478. The summed E-state index contributed by atoms with van der Waals surface area (Å²) in [5.41, 5.74) is 0.0389.